The molecule has 2 N–H and O–H groups in total. The first-order valence-electron chi connectivity index (χ1n) is 9.94. The zero-order valence-corrected chi connectivity index (χ0v) is 17.9. The Balaban J connectivity index is 1.86. The van der Waals surface area contributed by atoms with Crippen LogP contribution in [0.5, 0.6) is 0 Å². The molecular weight excluding hydrogens is 452 g/mol. The largest absolute Gasteiger partial charge is 0.393 e. The maximum atomic E-state index is 14.5. The van der Waals surface area contributed by atoms with Crippen molar-refractivity contribution in [2.45, 2.75) is 37.2 Å². The van der Waals surface area contributed by atoms with Crippen LogP contribution >= 0.6 is 0 Å². The molecule has 2 aromatic rings. The van der Waals surface area contributed by atoms with Gasteiger partial charge in [0.15, 0.2) is 17.5 Å². The van der Waals surface area contributed by atoms with Gasteiger partial charge >= 0.3 is 0 Å². The molecule has 2 atom stereocenters. The average molecular weight is 474 g/mol. The second kappa shape index (κ2) is 9.55. The third-order valence-electron chi connectivity index (χ3n) is 5.45. The molecule has 1 fully saturated rings. The number of benzene rings is 2. The molecule has 174 valence electrons. The minimum atomic E-state index is -4.29. The van der Waals surface area contributed by atoms with E-state index in [9.17, 15) is 35.9 Å². The van der Waals surface area contributed by atoms with Gasteiger partial charge in [-0.1, -0.05) is 6.92 Å². The summed E-state index contributed by atoms with van der Waals surface area (Å²) in [6, 6.07) is 3.80. The molecule has 0 bridgehead atoms. The number of nitrogens with zero attached hydrogens (tertiary/aromatic N) is 1. The number of anilines is 1. The summed E-state index contributed by atoms with van der Waals surface area (Å²) in [5.74, 6) is -6.88. The molecule has 3 rings (SSSR count). The number of amides is 1. The van der Waals surface area contributed by atoms with Gasteiger partial charge in [0.05, 0.1) is 6.10 Å². The predicted molar refractivity (Wildman–Crippen MR) is 108 cm³/mol. The highest BCUT2D eigenvalue weighted by Gasteiger charge is 2.31. The van der Waals surface area contributed by atoms with Crippen LogP contribution in [0.1, 0.15) is 36.5 Å². The van der Waals surface area contributed by atoms with Crippen molar-refractivity contribution in [3.05, 3.63) is 59.2 Å². The first-order chi connectivity index (χ1) is 15.0. The molecule has 0 spiro atoms. The SMILES string of the molecule is CC1CCN(S(=O)(=O)c2cc(C(=O)Nc3cc(F)c(F)c(F)c3)ccc2F)CCCC1O. The van der Waals surface area contributed by atoms with Gasteiger partial charge in [-0.05, 0) is 43.4 Å². The Labute approximate surface area is 182 Å². The number of rotatable bonds is 4. The van der Waals surface area contributed by atoms with Crippen molar-refractivity contribution < 1.29 is 35.9 Å². The molecule has 2 aromatic carbocycles. The maximum Gasteiger partial charge on any atom is 0.255 e. The minimum Gasteiger partial charge on any atom is -0.393 e. The highest BCUT2D eigenvalue weighted by Crippen LogP contribution is 2.26. The first-order valence-corrected chi connectivity index (χ1v) is 11.4. The number of carbonyl (C=O) groups excluding carboxylic acids is 1. The van der Waals surface area contributed by atoms with E-state index in [1.807, 2.05) is 0 Å². The monoisotopic (exact) mass is 474 g/mol. The number of hydrogen-bond acceptors (Lipinski definition) is 4. The van der Waals surface area contributed by atoms with Crippen LogP contribution < -0.4 is 5.32 Å². The molecule has 11 heteroatoms. The summed E-state index contributed by atoms with van der Waals surface area (Å²) in [7, 11) is -4.29. The van der Waals surface area contributed by atoms with Gasteiger partial charge in [0.25, 0.3) is 5.91 Å². The number of aliphatic hydroxyl groups is 1. The summed E-state index contributed by atoms with van der Waals surface area (Å²) in [5, 5.41) is 12.1. The van der Waals surface area contributed by atoms with E-state index in [4.69, 9.17) is 0 Å². The number of nitrogens with one attached hydrogen (secondary N) is 1. The highest BCUT2D eigenvalue weighted by atomic mass is 32.2. The summed E-state index contributed by atoms with van der Waals surface area (Å²) in [5.41, 5.74) is -0.664. The minimum absolute atomic E-state index is 0.0740. The van der Waals surface area contributed by atoms with Crippen molar-refractivity contribution in [3.8, 4) is 0 Å². The predicted octanol–water partition coefficient (Wildman–Crippen LogP) is 3.67. The quantitative estimate of drug-likeness (QED) is 0.523. The van der Waals surface area contributed by atoms with Crippen molar-refractivity contribution in [2.24, 2.45) is 5.92 Å². The molecule has 0 aromatic heterocycles. The number of sulfonamides is 1. The van der Waals surface area contributed by atoms with Gasteiger partial charge < -0.3 is 10.4 Å². The lowest BCUT2D eigenvalue weighted by molar-refractivity contribution is 0.0869. The van der Waals surface area contributed by atoms with Gasteiger partial charge in [-0.25, -0.2) is 26.0 Å². The van der Waals surface area contributed by atoms with Gasteiger partial charge in [0.1, 0.15) is 10.7 Å². The molecule has 1 saturated heterocycles. The smallest absolute Gasteiger partial charge is 0.255 e. The van der Waals surface area contributed by atoms with E-state index in [2.05, 4.69) is 5.32 Å². The maximum absolute atomic E-state index is 14.5. The molecule has 0 radical (unpaired) electrons. The van der Waals surface area contributed by atoms with E-state index in [0.717, 1.165) is 22.5 Å². The summed E-state index contributed by atoms with van der Waals surface area (Å²) in [6.45, 7) is 1.95. The van der Waals surface area contributed by atoms with E-state index in [0.29, 0.717) is 31.4 Å². The summed E-state index contributed by atoms with van der Waals surface area (Å²) in [6.07, 6.45) is 0.630. The standard InChI is InChI=1S/C21H22F4N2O4S/c1-12-6-8-27(7-2-3-18(12)28)32(30,31)19-9-13(4-5-15(19)22)21(29)26-14-10-16(23)20(25)17(24)11-14/h4-5,9-12,18,28H,2-3,6-8H2,1H3,(H,26,29). The fourth-order valence-corrected chi connectivity index (χ4v) is 5.05. The fraction of sp³-hybridized carbons (Fsp3) is 0.381. The lowest BCUT2D eigenvalue weighted by atomic mass is 9.95. The van der Waals surface area contributed by atoms with E-state index in [-0.39, 0.29) is 24.6 Å². The topological polar surface area (TPSA) is 86.7 Å². The van der Waals surface area contributed by atoms with Crippen LogP contribution in [-0.2, 0) is 10.0 Å². The molecule has 2 unspecified atom stereocenters. The van der Waals surface area contributed by atoms with Gasteiger partial charge in [0, 0.05) is 36.5 Å². The third kappa shape index (κ3) is 5.11. The zero-order valence-electron chi connectivity index (χ0n) is 17.1. The molecule has 0 aliphatic carbocycles. The lowest BCUT2D eigenvalue weighted by Crippen LogP contribution is -2.38. The second-order valence-corrected chi connectivity index (χ2v) is 9.64. The van der Waals surface area contributed by atoms with E-state index in [1.165, 1.54) is 0 Å². The van der Waals surface area contributed by atoms with Crippen LogP contribution in [-0.4, -0.2) is 42.9 Å². The summed E-state index contributed by atoms with van der Waals surface area (Å²) >= 11 is 0. The van der Waals surface area contributed by atoms with Crippen LogP contribution in [0.3, 0.4) is 0 Å². The summed E-state index contributed by atoms with van der Waals surface area (Å²) < 4.78 is 81.5. The number of carbonyl (C=O) groups is 1. The Bertz CT molecular complexity index is 1100. The molecule has 0 saturated carbocycles. The average Bonchev–Trinajstić information content (AvgIpc) is 2.72. The van der Waals surface area contributed by atoms with Crippen LogP contribution in [0, 0.1) is 29.2 Å². The van der Waals surface area contributed by atoms with E-state index in [1.54, 1.807) is 6.92 Å². The van der Waals surface area contributed by atoms with Gasteiger partial charge in [-0.2, -0.15) is 4.31 Å². The first kappa shape index (κ1) is 24.1. The van der Waals surface area contributed by atoms with Gasteiger partial charge in [-0.15, -0.1) is 0 Å². The Morgan fingerprint density at radius 3 is 2.34 bits per heavy atom. The van der Waals surface area contributed by atoms with Gasteiger partial charge in [0.2, 0.25) is 10.0 Å². The van der Waals surface area contributed by atoms with Crippen molar-refractivity contribution in [2.75, 3.05) is 18.4 Å². The molecule has 1 aliphatic rings. The Kier molecular flexibility index (Phi) is 7.21. The highest BCUT2D eigenvalue weighted by molar-refractivity contribution is 7.89. The second-order valence-electron chi connectivity index (χ2n) is 7.73. The Hall–Kier alpha value is -2.50. The van der Waals surface area contributed by atoms with Crippen molar-refractivity contribution >= 4 is 21.6 Å². The molecular formula is C21H22F4N2O4S. The number of aliphatic hydroxyl groups excluding tert-OH is 1. The van der Waals surface area contributed by atoms with Crippen LogP contribution in [0.25, 0.3) is 0 Å². The Morgan fingerprint density at radius 1 is 1.03 bits per heavy atom. The van der Waals surface area contributed by atoms with Crippen LogP contribution in [0.4, 0.5) is 23.2 Å². The normalized spacial score (nSPS) is 20.4. The summed E-state index contributed by atoms with van der Waals surface area (Å²) in [4.78, 5) is 11.7. The van der Waals surface area contributed by atoms with Gasteiger partial charge in [-0.3, -0.25) is 4.79 Å². The fourth-order valence-electron chi connectivity index (χ4n) is 3.47. The number of halogens is 4. The van der Waals surface area contributed by atoms with E-state index >= 15 is 0 Å². The zero-order chi connectivity index (χ0) is 23.6. The Morgan fingerprint density at radius 2 is 1.69 bits per heavy atom. The molecule has 1 aliphatic heterocycles. The molecule has 1 amide bonds. The molecule has 1 heterocycles. The van der Waals surface area contributed by atoms with Crippen LogP contribution in [0.15, 0.2) is 35.2 Å². The van der Waals surface area contributed by atoms with Crippen molar-refractivity contribution in [1.82, 2.24) is 4.31 Å². The van der Waals surface area contributed by atoms with E-state index < -0.39 is 55.9 Å². The van der Waals surface area contributed by atoms with Crippen molar-refractivity contribution in [3.63, 3.8) is 0 Å². The van der Waals surface area contributed by atoms with Crippen molar-refractivity contribution in [1.29, 1.82) is 0 Å². The molecule has 32 heavy (non-hydrogen) atoms. The number of hydrogen-bond donors (Lipinski definition) is 2. The lowest BCUT2D eigenvalue weighted by Gasteiger charge is -2.29. The van der Waals surface area contributed by atoms with Crippen LogP contribution in [0.2, 0.25) is 0 Å². The third-order valence-corrected chi connectivity index (χ3v) is 7.36. The molecule has 6 nitrogen and oxygen atoms in total.